The van der Waals surface area contributed by atoms with Crippen LogP contribution >= 0.6 is 0 Å². The van der Waals surface area contributed by atoms with Crippen LogP contribution < -0.4 is 39.1 Å². The van der Waals surface area contributed by atoms with E-state index in [4.69, 9.17) is 66.3 Å². The molecule has 4 atom stereocenters. The lowest BCUT2D eigenvalue weighted by atomic mass is 10.1. The minimum Gasteiger partial charge on any atom is -0.493 e. The maximum Gasteiger partial charge on any atom is 0.335 e. The number of carboxylic acid groups (broad SMARTS) is 1. The number of benzene rings is 7. The van der Waals surface area contributed by atoms with Crippen molar-refractivity contribution in [2.75, 3.05) is 52.7 Å². The van der Waals surface area contributed by atoms with Gasteiger partial charge < -0.3 is 82.1 Å². The van der Waals surface area contributed by atoms with E-state index in [0.717, 1.165) is 148 Å². The van der Waals surface area contributed by atoms with Gasteiger partial charge in [0.1, 0.15) is 60.9 Å². The molecule has 4 saturated heterocycles. The van der Waals surface area contributed by atoms with Crippen molar-refractivity contribution in [3.05, 3.63) is 213 Å². The maximum absolute atomic E-state index is 13.8. The fourth-order valence-electron chi connectivity index (χ4n) is 11.5. The Morgan fingerprint density at radius 1 is 0.323 bits per heavy atom. The Morgan fingerprint density at radius 3 is 0.808 bits per heavy atom. The van der Waals surface area contributed by atoms with Crippen molar-refractivity contribution in [2.45, 2.75) is 168 Å². The van der Waals surface area contributed by atoms with Gasteiger partial charge in [0.15, 0.2) is 25.2 Å². The van der Waals surface area contributed by atoms with Crippen LogP contribution in [0.25, 0.3) is 0 Å². The summed E-state index contributed by atoms with van der Waals surface area (Å²) >= 11 is 0. The van der Waals surface area contributed by atoms with E-state index in [1.165, 1.54) is 12.1 Å². The number of carbonyl (C=O) groups excluding carboxylic acids is 2. The molecule has 11 rings (SSSR count). The largest absolute Gasteiger partial charge is 0.493 e. The SMILES string of the molecule is O=C(O)c1cc(OCCCNC(=O)c2cc(OCc3ccc(COC4CCCCO4)cc3)cc(OCc3ccc(COC4CCCCO4)cc3)c2)cc(OCCCNC(=O)c2cc(OCc3ccc(COC4CCCCO4)cc3)cc(OCc3ccc(COC4CCCCO4)cc3)c2)c1. The summed E-state index contributed by atoms with van der Waals surface area (Å²) in [5.74, 6) is 0.544. The van der Waals surface area contributed by atoms with Crippen LogP contribution in [0.2, 0.25) is 0 Å². The first-order chi connectivity index (χ1) is 48.6. The Hall–Kier alpha value is -8.57. The third kappa shape index (κ3) is 24.4. The highest BCUT2D eigenvalue weighted by Gasteiger charge is 2.20. The Labute approximate surface area is 579 Å². The summed E-state index contributed by atoms with van der Waals surface area (Å²) < 4.78 is 84.0. The number of carbonyl (C=O) groups is 3. The number of hydrogen-bond acceptors (Lipinski definition) is 17. The zero-order valence-corrected chi connectivity index (χ0v) is 56.3. The summed E-state index contributed by atoms with van der Waals surface area (Å²) in [7, 11) is 0. The van der Waals surface area contributed by atoms with E-state index in [1.807, 2.05) is 97.1 Å². The molecule has 7 aromatic carbocycles. The van der Waals surface area contributed by atoms with Crippen LogP contribution in [0.4, 0.5) is 0 Å². The van der Waals surface area contributed by atoms with Gasteiger partial charge in [0.25, 0.3) is 11.8 Å². The van der Waals surface area contributed by atoms with Crippen LogP contribution in [-0.4, -0.2) is 101 Å². The van der Waals surface area contributed by atoms with E-state index < -0.39 is 5.97 Å². The zero-order chi connectivity index (χ0) is 68.1. The van der Waals surface area contributed by atoms with Crippen molar-refractivity contribution in [1.82, 2.24) is 10.6 Å². The Bertz CT molecular complexity index is 3200. The zero-order valence-electron chi connectivity index (χ0n) is 56.3. The third-order valence-corrected chi connectivity index (χ3v) is 17.2. The van der Waals surface area contributed by atoms with E-state index in [-0.39, 0.29) is 107 Å². The van der Waals surface area contributed by atoms with E-state index in [0.29, 0.717) is 73.4 Å². The first-order valence-electron chi connectivity index (χ1n) is 34.9. The fraction of sp³-hybridized carbons (Fsp3) is 0.430. The number of nitrogens with one attached hydrogen (secondary N) is 2. The number of aromatic carboxylic acids is 1. The van der Waals surface area contributed by atoms with Crippen LogP contribution in [-0.2, 0) is 90.7 Å². The van der Waals surface area contributed by atoms with Crippen molar-refractivity contribution in [2.24, 2.45) is 0 Å². The smallest absolute Gasteiger partial charge is 0.335 e. The Kier molecular flexibility index (Phi) is 28.0. The van der Waals surface area contributed by atoms with Crippen LogP contribution in [0.15, 0.2) is 152 Å². The van der Waals surface area contributed by atoms with E-state index in [9.17, 15) is 19.5 Å². The second kappa shape index (κ2) is 38.7. The molecule has 0 spiro atoms. The average Bonchev–Trinajstić information content (AvgIpc) is 2.63. The predicted molar refractivity (Wildman–Crippen MR) is 368 cm³/mol. The molecular weight excluding hydrogens is 1260 g/mol. The van der Waals surface area contributed by atoms with Gasteiger partial charge in [-0.05, 0) is 171 Å². The van der Waals surface area contributed by atoms with Gasteiger partial charge in [-0.15, -0.1) is 0 Å². The number of amides is 2. The van der Waals surface area contributed by atoms with Crippen LogP contribution in [0, 0.1) is 0 Å². The minimum atomic E-state index is -1.16. The molecule has 526 valence electrons. The lowest BCUT2D eigenvalue weighted by molar-refractivity contribution is -0.169. The standard InChI is InChI=1S/C79H92N2O18/c82-77(64-39-69(92-48-56-15-23-60(24-16-56)52-96-73-11-1-5-33-88-73)46-70(40-64)93-49-57-17-25-61(26-18-57)53-97-74-12-2-6-34-89-74)80-31-9-37-86-67-43-66(79(84)85)44-68(45-67)87-38-10-32-81-78(83)65-41-71(94-50-58-19-27-62(28-20-58)54-98-75-13-3-7-35-90-75)47-72(42-65)95-51-59-21-29-63(30-22-59)55-99-76-14-4-8-36-91-76/h15-30,39-47,73-76H,1-14,31-38,48-55H2,(H,80,82)(H,81,83)(H,84,85). The summed E-state index contributed by atoms with van der Waals surface area (Å²) in [6, 6.07) is 46.8. The molecule has 4 aliphatic heterocycles. The summed E-state index contributed by atoms with van der Waals surface area (Å²) in [4.78, 5) is 39.9. The molecule has 2 amide bonds. The summed E-state index contributed by atoms with van der Waals surface area (Å²) in [5, 5.41) is 16.0. The monoisotopic (exact) mass is 1360 g/mol. The van der Waals surface area contributed by atoms with Gasteiger partial charge in [-0.1, -0.05) is 97.1 Å². The number of rotatable bonds is 37. The highest BCUT2D eigenvalue weighted by Crippen LogP contribution is 2.30. The molecule has 0 radical (unpaired) electrons. The van der Waals surface area contributed by atoms with Crippen molar-refractivity contribution < 1.29 is 85.8 Å². The van der Waals surface area contributed by atoms with Gasteiger partial charge in [-0.2, -0.15) is 0 Å². The molecule has 3 N–H and O–H groups in total. The molecule has 0 saturated carbocycles. The normalized spacial score (nSPS) is 17.8. The van der Waals surface area contributed by atoms with Crippen molar-refractivity contribution in [3.63, 3.8) is 0 Å². The molecule has 0 aromatic heterocycles. The Morgan fingerprint density at radius 2 is 0.566 bits per heavy atom. The number of ether oxygens (including phenoxy) is 14. The molecule has 4 heterocycles. The minimum absolute atomic E-state index is 0.0255. The highest BCUT2D eigenvalue weighted by atomic mass is 16.7. The van der Waals surface area contributed by atoms with Gasteiger partial charge >= 0.3 is 5.97 Å². The summed E-state index contributed by atoms with van der Waals surface area (Å²) in [6.07, 6.45) is 12.3. The van der Waals surface area contributed by atoms with E-state index in [1.54, 1.807) is 42.5 Å². The molecule has 4 unspecified atom stereocenters. The molecule has 99 heavy (non-hydrogen) atoms. The molecule has 20 heteroatoms. The fourth-order valence-corrected chi connectivity index (χ4v) is 11.5. The van der Waals surface area contributed by atoms with Crippen molar-refractivity contribution in [1.29, 1.82) is 0 Å². The van der Waals surface area contributed by atoms with Gasteiger partial charge in [0.05, 0.1) is 45.2 Å². The van der Waals surface area contributed by atoms with Crippen LogP contribution in [0.3, 0.4) is 0 Å². The van der Waals surface area contributed by atoms with Crippen LogP contribution in [0.5, 0.6) is 34.5 Å². The summed E-state index contributed by atoms with van der Waals surface area (Å²) in [5.41, 5.74) is 8.53. The first kappa shape index (κ1) is 71.7. The van der Waals surface area contributed by atoms with Crippen molar-refractivity contribution in [3.8, 4) is 34.5 Å². The van der Waals surface area contributed by atoms with E-state index in [2.05, 4.69) is 10.6 Å². The maximum atomic E-state index is 13.8. The second-order valence-corrected chi connectivity index (χ2v) is 25.1. The topological polar surface area (TPSA) is 225 Å². The van der Waals surface area contributed by atoms with Gasteiger partial charge in [0.2, 0.25) is 0 Å². The second-order valence-electron chi connectivity index (χ2n) is 25.1. The lowest BCUT2D eigenvalue weighted by Crippen LogP contribution is -2.25. The molecular formula is C79H92N2O18. The molecule has 0 bridgehead atoms. The van der Waals surface area contributed by atoms with E-state index >= 15 is 0 Å². The van der Waals surface area contributed by atoms with Gasteiger partial charge in [-0.3, -0.25) is 9.59 Å². The average molecular weight is 1360 g/mol. The van der Waals surface area contributed by atoms with Gasteiger partial charge in [0, 0.05) is 68.8 Å². The summed E-state index contributed by atoms with van der Waals surface area (Å²) in [6.45, 7) is 6.52. The quantitative estimate of drug-likeness (QED) is 0.0308. The molecule has 7 aromatic rings. The van der Waals surface area contributed by atoms with Crippen LogP contribution in [0.1, 0.15) is 165 Å². The first-order valence-corrected chi connectivity index (χ1v) is 34.9. The van der Waals surface area contributed by atoms with Gasteiger partial charge in [-0.25, -0.2) is 4.79 Å². The third-order valence-electron chi connectivity index (χ3n) is 17.2. The van der Waals surface area contributed by atoms with Crippen molar-refractivity contribution >= 4 is 17.8 Å². The Balaban J connectivity index is 0.652. The lowest BCUT2D eigenvalue weighted by Gasteiger charge is -2.22. The molecule has 4 fully saturated rings. The molecule has 20 nitrogen and oxygen atoms in total. The highest BCUT2D eigenvalue weighted by molar-refractivity contribution is 5.95. The molecule has 0 aliphatic carbocycles. The molecule has 4 aliphatic rings. The number of hydrogen-bond donors (Lipinski definition) is 3. The predicted octanol–water partition coefficient (Wildman–Crippen LogP) is 14.3. The number of carboxylic acids is 1.